The highest BCUT2D eigenvalue weighted by Crippen LogP contribution is 2.27. The van der Waals surface area contributed by atoms with Crippen LogP contribution in [0.15, 0.2) is 71.9 Å². The molecule has 3 rings (SSSR count). The quantitative estimate of drug-likeness (QED) is 0.487. The van der Waals surface area contributed by atoms with Crippen LogP contribution in [-0.4, -0.2) is 40.0 Å². The number of nitrogens with one attached hydrogen (secondary N) is 2. The van der Waals surface area contributed by atoms with Crippen LogP contribution in [0, 0.1) is 13.8 Å². The summed E-state index contributed by atoms with van der Waals surface area (Å²) in [5.74, 6) is -0.560. The largest absolute Gasteiger partial charge is 0.324 e. The Hall–Kier alpha value is -3.44. The molecule has 2 N–H and O–H groups in total. The molecule has 1 heterocycles. The molecular formula is C23H26N4O5S2. The number of nitrogens with zero attached hydrogens (tertiary/aromatic N) is 2. The van der Waals surface area contributed by atoms with Gasteiger partial charge in [0, 0.05) is 11.9 Å². The number of benzene rings is 2. The standard InChI is InChI=1S/C23H26N4O5S2/c1-16-7-8-17(2)22(14-16)27(33(4,29)30)18(3)23(28)25-19-9-11-21(12-10-19)34(31,32)26-20-6-5-13-24-15-20/h5-15,18,26H,1-4H3,(H,25,28)/t18-/m1/s1. The second-order valence-corrected chi connectivity index (χ2v) is 11.4. The Balaban J connectivity index is 1.79. The fraction of sp³-hybridized carbons (Fsp3) is 0.217. The maximum Gasteiger partial charge on any atom is 0.261 e. The van der Waals surface area contributed by atoms with Gasteiger partial charge in [0.05, 0.1) is 28.7 Å². The van der Waals surface area contributed by atoms with E-state index >= 15 is 0 Å². The lowest BCUT2D eigenvalue weighted by atomic mass is 10.1. The number of hydrogen-bond acceptors (Lipinski definition) is 6. The van der Waals surface area contributed by atoms with Gasteiger partial charge < -0.3 is 5.32 Å². The normalized spacial score (nSPS) is 12.6. The Morgan fingerprint density at radius 3 is 2.24 bits per heavy atom. The lowest BCUT2D eigenvalue weighted by Gasteiger charge is -2.29. The van der Waals surface area contributed by atoms with Gasteiger partial charge in [-0.1, -0.05) is 12.1 Å². The second kappa shape index (κ2) is 9.82. The van der Waals surface area contributed by atoms with E-state index in [1.165, 1.54) is 43.6 Å². The summed E-state index contributed by atoms with van der Waals surface area (Å²) < 4.78 is 53.8. The number of amides is 1. The van der Waals surface area contributed by atoms with Gasteiger partial charge in [0.2, 0.25) is 15.9 Å². The Kier molecular flexibility index (Phi) is 7.27. The van der Waals surface area contributed by atoms with Crippen molar-refractivity contribution in [3.8, 4) is 0 Å². The molecule has 1 amide bonds. The second-order valence-electron chi connectivity index (χ2n) is 7.89. The number of pyridine rings is 1. The highest BCUT2D eigenvalue weighted by atomic mass is 32.2. The molecule has 0 saturated heterocycles. The minimum Gasteiger partial charge on any atom is -0.324 e. The van der Waals surface area contributed by atoms with Crippen LogP contribution < -0.4 is 14.3 Å². The molecule has 0 aliphatic rings. The number of aryl methyl sites for hydroxylation is 2. The average molecular weight is 503 g/mol. The molecule has 0 radical (unpaired) electrons. The number of anilines is 3. The fourth-order valence-electron chi connectivity index (χ4n) is 3.34. The first-order valence-electron chi connectivity index (χ1n) is 10.3. The summed E-state index contributed by atoms with van der Waals surface area (Å²) >= 11 is 0. The molecule has 0 bridgehead atoms. The van der Waals surface area contributed by atoms with Crippen molar-refractivity contribution in [1.82, 2.24) is 4.98 Å². The molecular weight excluding hydrogens is 476 g/mol. The van der Waals surface area contributed by atoms with Crippen LogP contribution in [0.3, 0.4) is 0 Å². The molecule has 0 aliphatic heterocycles. The van der Waals surface area contributed by atoms with E-state index in [-0.39, 0.29) is 4.90 Å². The monoisotopic (exact) mass is 502 g/mol. The molecule has 1 atom stereocenters. The van der Waals surface area contributed by atoms with Crippen LogP contribution >= 0.6 is 0 Å². The van der Waals surface area contributed by atoms with Crippen molar-refractivity contribution in [2.24, 2.45) is 0 Å². The van der Waals surface area contributed by atoms with E-state index in [1.54, 1.807) is 31.2 Å². The lowest BCUT2D eigenvalue weighted by Crippen LogP contribution is -2.45. The minimum absolute atomic E-state index is 0.00412. The third-order valence-corrected chi connectivity index (χ3v) is 7.66. The van der Waals surface area contributed by atoms with Crippen molar-refractivity contribution < 1.29 is 21.6 Å². The van der Waals surface area contributed by atoms with Gasteiger partial charge in [-0.05, 0) is 74.4 Å². The van der Waals surface area contributed by atoms with E-state index in [0.29, 0.717) is 22.6 Å². The van der Waals surface area contributed by atoms with Crippen LogP contribution in [0.4, 0.5) is 17.1 Å². The van der Waals surface area contributed by atoms with E-state index in [1.807, 2.05) is 13.0 Å². The number of rotatable bonds is 8. The van der Waals surface area contributed by atoms with E-state index in [9.17, 15) is 21.6 Å². The molecule has 0 unspecified atom stereocenters. The number of sulfonamides is 2. The SMILES string of the molecule is Cc1ccc(C)c(N([C@H](C)C(=O)Nc2ccc(S(=O)(=O)Nc3cccnc3)cc2)S(C)(=O)=O)c1. The summed E-state index contributed by atoms with van der Waals surface area (Å²) in [6, 6.07) is 13.1. The molecule has 0 spiro atoms. The molecule has 9 nitrogen and oxygen atoms in total. The third kappa shape index (κ3) is 5.91. The maximum absolute atomic E-state index is 12.9. The Labute approximate surface area is 199 Å². The number of hydrogen-bond donors (Lipinski definition) is 2. The van der Waals surface area contributed by atoms with Gasteiger partial charge in [0.25, 0.3) is 10.0 Å². The minimum atomic E-state index is -3.84. The fourth-order valence-corrected chi connectivity index (χ4v) is 5.61. The molecule has 0 aliphatic carbocycles. The Morgan fingerprint density at radius 1 is 0.971 bits per heavy atom. The lowest BCUT2D eigenvalue weighted by molar-refractivity contribution is -0.116. The Bertz CT molecular complexity index is 1390. The van der Waals surface area contributed by atoms with E-state index < -0.39 is 32.0 Å². The van der Waals surface area contributed by atoms with Gasteiger partial charge in [-0.3, -0.25) is 18.8 Å². The van der Waals surface area contributed by atoms with Crippen LogP contribution in [0.5, 0.6) is 0 Å². The van der Waals surface area contributed by atoms with E-state index in [4.69, 9.17) is 0 Å². The predicted octanol–water partition coefficient (Wildman–Crippen LogP) is 3.29. The summed E-state index contributed by atoms with van der Waals surface area (Å²) in [5, 5.41) is 2.66. The van der Waals surface area contributed by atoms with Crippen molar-refractivity contribution in [3.63, 3.8) is 0 Å². The summed E-state index contributed by atoms with van der Waals surface area (Å²) in [6.45, 7) is 5.11. The highest BCUT2D eigenvalue weighted by molar-refractivity contribution is 7.92. The predicted molar refractivity (Wildman–Crippen MR) is 133 cm³/mol. The molecule has 11 heteroatoms. The topological polar surface area (TPSA) is 126 Å². The molecule has 34 heavy (non-hydrogen) atoms. The van der Waals surface area contributed by atoms with E-state index in [0.717, 1.165) is 16.1 Å². The van der Waals surface area contributed by atoms with Crippen LogP contribution in [-0.2, 0) is 24.8 Å². The first kappa shape index (κ1) is 25.2. The van der Waals surface area contributed by atoms with Gasteiger partial charge in [-0.25, -0.2) is 16.8 Å². The zero-order valence-corrected chi connectivity index (χ0v) is 20.8. The van der Waals surface area contributed by atoms with Crippen LogP contribution in [0.25, 0.3) is 0 Å². The summed E-state index contributed by atoms with van der Waals surface area (Å²) in [4.78, 5) is 16.8. The first-order valence-corrected chi connectivity index (χ1v) is 13.6. The van der Waals surface area contributed by atoms with Crippen molar-refractivity contribution >= 4 is 43.0 Å². The van der Waals surface area contributed by atoms with Crippen LogP contribution in [0.2, 0.25) is 0 Å². The van der Waals surface area contributed by atoms with Crippen molar-refractivity contribution in [2.75, 3.05) is 20.6 Å². The van der Waals surface area contributed by atoms with Crippen molar-refractivity contribution in [1.29, 1.82) is 0 Å². The smallest absolute Gasteiger partial charge is 0.261 e. The number of carbonyl (C=O) groups excluding carboxylic acids is 1. The zero-order chi connectivity index (χ0) is 25.1. The summed E-state index contributed by atoms with van der Waals surface area (Å²) in [5.41, 5.74) is 2.64. The molecule has 2 aromatic carbocycles. The zero-order valence-electron chi connectivity index (χ0n) is 19.2. The summed E-state index contributed by atoms with van der Waals surface area (Å²) in [7, 11) is -7.61. The van der Waals surface area contributed by atoms with Gasteiger partial charge in [-0.15, -0.1) is 0 Å². The number of aromatic nitrogens is 1. The van der Waals surface area contributed by atoms with Gasteiger partial charge >= 0.3 is 0 Å². The van der Waals surface area contributed by atoms with Crippen molar-refractivity contribution in [3.05, 3.63) is 78.1 Å². The molecule has 180 valence electrons. The molecule has 3 aromatic rings. The molecule has 1 aromatic heterocycles. The molecule has 0 fully saturated rings. The van der Waals surface area contributed by atoms with E-state index in [2.05, 4.69) is 15.0 Å². The Morgan fingerprint density at radius 2 is 1.65 bits per heavy atom. The number of carbonyl (C=O) groups is 1. The maximum atomic E-state index is 12.9. The van der Waals surface area contributed by atoms with Gasteiger partial charge in [-0.2, -0.15) is 0 Å². The van der Waals surface area contributed by atoms with Crippen LogP contribution in [0.1, 0.15) is 18.1 Å². The third-order valence-electron chi connectivity index (χ3n) is 5.04. The molecule has 0 saturated carbocycles. The first-order chi connectivity index (χ1) is 15.9. The van der Waals surface area contributed by atoms with Gasteiger partial charge in [0.15, 0.2) is 0 Å². The average Bonchev–Trinajstić information content (AvgIpc) is 2.76. The highest BCUT2D eigenvalue weighted by Gasteiger charge is 2.30. The van der Waals surface area contributed by atoms with Gasteiger partial charge in [0.1, 0.15) is 6.04 Å². The van der Waals surface area contributed by atoms with Crippen molar-refractivity contribution in [2.45, 2.75) is 31.7 Å². The summed E-state index contributed by atoms with van der Waals surface area (Å²) in [6.07, 6.45) is 3.96.